The van der Waals surface area contributed by atoms with Crippen molar-refractivity contribution >= 4 is 21.8 Å². The van der Waals surface area contributed by atoms with Crippen LogP contribution in [-0.2, 0) is 4.79 Å². The van der Waals surface area contributed by atoms with Crippen LogP contribution in [0.2, 0.25) is 0 Å². The molecule has 0 aromatic heterocycles. The van der Waals surface area contributed by atoms with Crippen molar-refractivity contribution in [3.05, 3.63) is 57.6 Å². The van der Waals surface area contributed by atoms with E-state index in [-0.39, 0.29) is 18.6 Å². The van der Waals surface area contributed by atoms with Crippen molar-refractivity contribution in [3.8, 4) is 11.5 Å². The third-order valence-electron chi connectivity index (χ3n) is 4.04. The van der Waals surface area contributed by atoms with Gasteiger partial charge in [0.2, 0.25) is 0 Å². The van der Waals surface area contributed by atoms with E-state index in [2.05, 4.69) is 21.2 Å². The van der Waals surface area contributed by atoms with Crippen LogP contribution in [-0.4, -0.2) is 19.6 Å². The summed E-state index contributed by atoms with van der Waals surface area (Å²) in [6.45, 7) is 6.03. The lowest BCUT2D eigenvalue weighted by atomic mass is 10.0. The molecule has 0 saturated carbocycles. The molecule has 134 valence electrons. The highest BCUT2D eigenvalue weighted by Gasteiger charge is 2.13. The van der Waals surface area contributed by atoms with Crippen LogP contribution in [0.5, 0.6) is 11.5 Å². The number of nitrogens with one attached hydrogen (secondary N) is 1. The van der Waals surface area contributed by atoms with Gasteiger partial charge in [0.1, 0.15) is 11.5 Å². The van der Waals surface area contributed by atoms with Crippen LogP contribution >= 0.6 is 15.9 Å². The van der Waals surface area contributed by atoms with Gasteiger partial charge in [-0.3, -0.25) is 4.79 Å². The molecule has 0 spiro atoms. The first-order valence-corrected chi connectivity index (χ1v) is 9.06. The molecule has 2 aromatic rings. The number of hydrogen-bond donors (Lipinski definition) is 1. The SMILES string of the molecule is CCC(NC(=O)COc1cc(C)c(Br)c(C)c1)c1ccc(OC)cc1. The summed E-state index contributed by atoms with van der Waals surface area (Å²) >= 11 is 3.53. The van der Waals surface area contributed by atoms with Crippen molar-refractivity contribution in [1.29, 1.82) is 0 Å². The van der Waals surface area contributed by atoms with Gasteiger partial charge in [-0.15, -0.1) is 0 Å². The highest BCUT2D eigenvalue weighted by molar-refractivity contribution is 9.10. The Morgan fingerprint density at radius 2 is 1.72 bits per heavy atom. The maximum Gasteiger partial charge on any atom is 0.258 e. The molecule has 0 saturated heterocycles. The lowest BCUT2D eigenvalue weighted by Crippen LogP contribution is -2.32. The van der Waals surface area contributed by atoms with Crippen molar-refractivity contribution in [2.45, 2.75) is 33.2 Å². The molecular weight excluding hydrogens is 382 g/mol. The fourth-order valence-electron chi connectivity index (χ4n) is 2.63. The number of halogens is 1. The normalized spacial score (nSPS) is 11.7. The van der Waals surface area contributed by atoms with E-state index < -0.39 is 0 Å². The van der Waals surface area contributed by atoms with E-state index >= 15 is 0 Å². The third-order valence-corrected chi connectivity index (χ3v) is 5.29. The van der Waals surface area contributed by atoms with E-state index in [1.165, 1.54) is 0 Å². The Hall–Kier alpha value is -2.01. The Morgan fingerprint density at radius 1 is 1.12 bits per heavy atom. The van der Waals surface area contributed by atoms with Gasteiger partial charge in [-0.2, -0.15) is 0 Å². The van der Waals surface area contributed by atoms with Crippen LogP contribution in [0.3, 0.4) is 0 Å². The van der Waals surface area contributed by atoms with E-state index in [0.29, 0.717) is 5.75 Å². The number of hydrogen-bond acceptors (Lipinski definition) is 3. The molecule has 4 nitrogen and oxygen atoms in total. The Balaban J connectivity index is 1.95. The molecule has 0 fully saturated rings. The van der Waals surface area contributed by atoms with Crippen LogP contribution in [0.1, 0.15) is 36.1 Å². The van der Waals surface area contributed by atoms with Gasteiger partial charge in [-0.05, 0) is 61.2 Å². The number of rotatable bonds is 7. The van der Waals surface area contributed by atoms with Gasteiger partial charge in [0.05, 0.1) is 13.2 Å². The first kappa shape index (κ1) is 19.3. The Bertz CT molecular complexity index is 705. The maximum absolute atomic E-state index is 12.2. The summed E-state index contributed by atoms with van der Waals surface area (Å²) in [7, 11) is 1.64. The highest BCUT2D eigenvalue weighted by Crippen LogP contribution is 2.26. The van der Waals surface area contributed by atoms with Crippen LogP contribution < -0.4 is 14.8 Å². The first-order valence-electron chi connectivity index (χ1n) is 8.27. The molecule has 2 aromatic carbocycles. The Labute approximate surface area is 157 Å². The molecule has 0 aliphatic rings. The number of ether oxygens (including phenoxy) is 2. The Morgan fingerprint density at radius 3 is 2.24 bits per heavy atom. The number of carbonyl (C=O) groups is 1. The second-order valence-electron chi connectivity index (χ2n) is 5.96. The standard InChI is InChI=1S/C20H24BrNO3/c1-5-18(15-6-8-16(24-4)9-7-15)22-19(23)12-25-17-10-13(2)20(21)14(3)11-17/h6-11,18H,5,12H2,1-4H3,(H,22,23). The fourth-order valence-corrected chi connectivity index (χ4v) is 2.86. The highest BCUT2D eigenvalue weighted by atomic mass is 79.9. The van der Waals surface area contributed by atoms with Gasteiger partial charge in [0.15, 0.2) is 6.61 Å². The quantitative estimate of drug-likeness (QED) is 0.724. The second-order valence-corrected chi connectivity index (χ2v) is 6.75. The van der Waals surface area contributed by atoms with Gasteiger partial charge in [-0.1, -0.05) is 35.0 Å². The molecule has 0 heterocycles. The van der Waals surface area contributed by atoms with Crippen molar-refractivity contribution in [3.63, 3.8) is 0 Å². The zero-order valence-electron chi connectivity index (χ0n) is 15.1. The zero-order valence-corrected chi connectivity index (χ0v) is 16.6. The number of carbonyl (C=O) groups excluding carboxylic acids is 1. The first-order chi connectivity index (χ1) is 11.9. The largest absolute Gasteiger partial charge is 0.497 e. The summed E-state index contributed by atoms with van der Waals surface area (Å²) in [5.41, 5.74) is 3.21. The smallest absolute Gasteiger partial charge is 0.258 e. The number of amides is 1. The molecule has 0 bridgehead atoms. The Kier molecular flexibility index (Phi) is 6.88. The van der Waals surface area contributed by atoms with E-state index in [0.717, 1.165) is 33.3 Å². The van der Waals surface area contributed by atoms with E-state index in [1.54, 1.807) is 7.11 Å². The number of aryl methyl sites for hydroxylation is 2. The summed E-state index contributed by atoms with van der Waals surface area (Å²) in [5.74, 6) is 1.36. The number of methoxy groups -OCH3 is 1. The van der Waals surface area contributed by atoms with E-state index in [9.17, 15) is 4.79 Å². The van der Waals surface area contributed by atoms with Crippen LogP contribution in [0, 0.1) is 13.8 Å². The molecule has 5 heteroatoms. The summed E-state index contributed by atoms with van der Waals surface area (Å²) in [6, 6.07) is 11.5. The summed E-state index contributed by atoms with van der Waals surface area (Å²) in [4.78, 5) is 12.2. The molecule has 25 heavy (non-hydrogen) atoms. The van der Waals surface area contributed by atoms with Crippen molar-refractivity contribution in [1.82, 2.24) is 5.32 Å². The lowest BCUT2D eigenvalue weighted by molar-refractivity contribution is -0.123. The fraction of sp³-hybridized carbons (Fsp3) is 0.350. The minimum Gasteiger partial charge on any atom is -0.497 e. The molecule has 0 aliphatic heterocycles. The van der Waals surface area contributed by atoms with Gasteiger partial charge < -0.3 is 14.8 Å². The topological polar surface area (TPSA) is 47.6 Å². The van der Waals surface area contributed by atoms with Crippen molar-refractivity contribution in [2.75, 3.05) is 13.7 Å². The van der Waals surface area contributed by atoms with Gasteiger partial charge >= 0.3 is 0 Å². The van der Waals surface area contributed by atoms with Gasteiger partial charge in [-0.25, -0.2) is 0 Å². The molecule has 2 rings (SSSR count). The monoisotopic (exact) mass is 405 g/mol. The van der Waals surface area contributed by atoms with Gasteiger partial charge in [0, 0.05) is 4.47 Å². The maximum atomic E-state index is 12.2. The molecule has 1 unspecified atom stereocenters. The zero-order chi connectivity index (χ0) is 18.4. The summed E-state index contributed by atoms with van der Waals surface area (Å²) in [5, 5.41) is 3.02. The summed E-state index contributed by atoms with van der Waals surface area (Å²) < 4.78 is 11.9. The summed E-state index contributed by atoms with van der Waals surface area (Å²) in [6.07, 6.45) is 0.800. The average molecular weight is 406 g/mol. The average Bonchev–Trinajstić information content (AvgIpc) is 2.62. The van der Waals surface area contributed by atoms with Gasteiger partial charge in [0.25, 0.3) is 5.91 Å². The van der Waals surface area contributed by atoms with E-state index in [4.69, 9.17) is 9.47 Å². The van der Waals surface area contributed by atoms with Crippen LogP contribution in [0.4, 0.5) is 0 Å². The molecule has 1 atom stereocenters. The molecule has 1 amide bonds. The van der Waals surface area contributed by atoms with E-state index in [1.807, 2.05) is 57.2 Å². The number of benzene rings is 2. The minimum absolute atomic E-state index is 0.00678. The molecule has 0 aliphatic carbocycles. The predicted molar refractivity (Wildman–Crippen MR) is 103 cm³/mol. The predicted octanol–water partition coefficient (Wildman–Crippen LogP) is 4.72. The lowest BCUT2D eigenvalue weighted by Gasteiger charge is -2.18. The van der Waals surface area contributed by atoms with Crippen LogP contribution in [0.25, 0.3) is 0 Å². The van der Waals surface area contributed by atoms with Crippen molar-refractivity contribution in [2.24, 2.45) is 0 Å². The molecular formula is C20H24BrNO3. The van der Waals surface area contributed by atoms with Crippen LogP contribution in [0.15, 0.2) is 40.9 Å². The second kappa shape index (κ2) is 8.90. The molecule has 1 N–H and O–H groups in total. The molecule has 0 radical (unpaired) electrons. The third kappa shape index (κ3) is 5.23. The van der Waals surface area contributed by atoms with Crippen molar-refractivity contribution < 1.29 is 14.3 Å². The minimum atomic E-state index is -0.138.